The number of ether oxygens (including phenoxy) is 2. The Labute approximate surface area is 174 Å². The van der Waals surface area contributed by atoms with Crippen LogP contribution in [0.1, 0.15) is 34.5 Å². The quantitative estimate of drug-likeness (QED) is 0.700. The van der Waals surface area contributed by atoms with E-state index in [1.165, 1.54) is 0 Å². The van der Waals surface area contributed by atoms with Gasteiger partial charge in [-0.1, -0.05) is 0 Å². The van der Waals surface area contributed by atoms with E-state index in [1.54, 1.807) is 24.8 Å². The van der Waals surface area contributed by atoms with Gasteiger partial charge in [-0.25, -0.2) is 0 Å². The summed E-state index contributed by atoms with van der Waals surface area (Å²) in [5.74, 6) is 0.280. The Morgan fingerprint density at radius 3 is 2.87 bits per heavy atom. The van der Waals surface area contributed by atoms with Gasteiger partial charge >= 0.3 is 0 Å². The summed E-state index contributed by atoms with van der Waals surface area (Å²) in [6, 6.07) is 9.24. The van der Waals surface area contributed by atoms with E-state index >= 15 is 0 Å². The minimum absolute atomic E-state index is 0.0155. The number of benzene rings is 1. The lowest BCUT2D eigenvalue weighted by molar-refractivity contribution is 0.0947. The number of carbonyl (C=O) groups excluding carboxylic acids is 1. The third kappa shape index (κ3) is 3.93. The van der Waals surface area contributed by atoms with Crippen molar-refractivity contribution in [3.8, 4) is 5.75 Å². The highest BCUT2D eigenvalue weighted by Gasteiger charge is 2.22. The number of nitrogens with zero attached hydrogens (tertiary/aromatic N) is 2. The first-order valence-corrected chi connectivity index (χ1v) is 10.0. The van der Waals surface area contributed by atoms with E-state index in [9.17, 15) is 9.59 Å². The molecule has 0 bridgehead atoms. The molecule has 30 heavy (non-hydrogen) atoms. The number of rotatable bonds is 5. The number of aryl methyl sites for hydroxylation is 2. The van der Waals surface area contributed by atoms with Gasteiger partial charge in [0.05, 0.1) is 37.2 Å². The maximum Gasteiger partial charge on any atom is 0.263 e. The average Bonchev–Trinajstić information content (AvgIpc) is 3.24. The predicted octanol–water partition coefficient (Wildman–Crippen LogP) is 3.45. The molecule has 156 valence electrons. The molecule has 1 saturated heterocycles. The fraction of sp³-hybridized carbons (Fsp3) is 0.348. The molecule has 7 heteroatoms. The second kappa shape index (κ2) is 8.28. The zero-order valence-electron chi connectivity index (χ0n) is 17.4. The van der Waals surface area contributed by atoms with Crippen molar-refractivity contribution in [2.24, 2.45) is 0 Å². The summed E-state index contributed by atoms with van der Waals surface area (Å²) in [5, 5.41) is 3.69. The molecule has 1 atom stereocenters. The third-order valence-corrected chi connectivity index (χ3v) is 5.49. The number of carbonyl (C=O) groups is 1. The minimum atomic E-state index is -0.437. The van der Waals surface area contributed by atoms with E-state index in [-0.39, 0.29) is 17.2 Å². The monoisotopic (exact) mass is 407 g/mol. The number of amides is 1. The summed E-state index contributed by atoms with van der Waals surface area (Å²) in [6.45, 7) is 4.85. The Balaban J connectivity index is 1.62. The first-order chi connectivity index (χ1) is 14.5. The molecule has 1 N–H and O–H groups in total. The van der Waals surface area contributed by atoms with Crippen LogP contribution in [0.5, 0.6) is 5.75 Å². The molecule has 0 aliphatic carbocycles. The number of hydrogen-bond acceptors (Lipinski definition) is 5. The van der Waals surface area contributed by atoms with Gasteiger partial charge in [0.1, 0.15) is 11.3 Å². The van der Waals surface area contributed by atoms with Crippen molar-refractivity contribution in [1.82, 2.24) is 9.55 Å². The van der Waals surface area contributed by atoms with Crippen LogP contribution in [0.4, 0.5) is 5.69 Å². The number of pyridine rings is 2. The summed E-state index contributed by atoms with van der Waals surface area (Å²) in [4.78, 5) is 30.5. The summed E-state index contributed by atoms with van der Waals surface area (Å²) in [6.07, 6.45) is 3.52. The largest absolute Gasteiger partial charge is 0.497 e. The molecule has 1 aromatic carbocycles. The van der Waals surface area contributed by atoms with Crippen LogP contribution in [0.25, 0.3) is 10.9 Å². The second-order valence-electron chi connectivity index (χ2n) is 7.63. The molecule has 0 saturated carbocycles. The standard InChI is InChI=1S/C23H25N3O4/c1-14-9-15(2)26(13-19-5-4-8-30-19)23(28)21(14)22(27)25-17-10-16-6-7-18(29-3)11-20(16)24-12-17/h6-7,9-12,19H,4-5,8,13H2,1-3H3,(H,25,27)/t19-/m1/s1. The van der Waals surface area contributed by atoms with Crippen molar-refractivity contribution in [2.45, 2.75) is 39.3 Å². The van der Waals surface area contributed by atoms with Crippen LogP contribution in [0, 0.1) is 13.8 Å². The Morgan fingerprint density at radius 2 is 2.13 bits per heavy atom. The van der Waals surface area contributed by atoms with Crippen molar-refractivity contribution in [2.75, 3.05) is 19.0 Å². The van der Waals surface area contributed by atoms with Gasteiger partial charge in [-0.2, -0.15) is 0 Å². The van der Waals surface area contributed by atoms with Crippen molar-refractivity contribution in [1.29, 1.82) is 0 Å². The van der Waals surface area contributed by atoms with E-state index in [0.29, 0.717) is 23.5 Å². The van der Waals surface area contributed by atoms with E-state index in [2.05, 4.69) is 10.3 Å². The van der Waals surface area contributed by atoms with Crippen molar-refractivity contribution in [3.05, 3.63) is 63.7 Å². The van der Waals surface area contributed by atoms with Crippen LogP contribution < -0.4 is 15.6 Å². The number of anilines is 1. The summed E-state index contributed by atoms with van der Waals surface area (Å²) >= 11 is 0. The number of hydrogen-bond donors (Lipinski definition) is 1. The molecule has 3 heterocycles. The number of aromatic nitrogens is 2. The molecule has 3 aromatic rings. The van der Waals surface area contributed by atoms with Crippen LogP contribution in [-0.4, -0.2) is 35.3 Å². The highest BCUT2D eigenvalue weighted by Crippen LogP contribution is 2.22. The number of nitrogens with one attached hydrogen (secondary N) is 1. The smallest absolute Gasteiger partial charge is 0.263 e. The summed E-state index contributed by atoms with van der Waals surface area (Å²) in [7, 11) is 1.60. The molecule has 1 aliphatic heterocycles. The van der Waals surface area contributed by atoms with Gasteiger partial charge in [0.2, 0.25) is 0 Å². The molecular weight excluding hydrogens is 382 g/mol. The Hall–Kier alpha value is -3.19. The maximum atomic E-state index is 13.1. The van der Waals surface area contributed by atoms with E-state index < -0.39 is 5.91 Å². The summed E-state index contributed by atoms with van der Waals surface area (Å²) in [5.41, 5.74) is 2.62. The molecule has 4 rings (SSSR count). The molecule has 0 radical (unpaired) electrons. The van der Waals surface area contributed by atoms with Gasteiger partial charge in [-0.3, -0.25) is 14.6 Å². The lowest BCUT2D eigenvalue weighted by atomic mass is 10.1. The third-order valence-electron chi connectivity index (χ3n) is 5.49. The van der Waals surface area contributed by atoms with Crippen LogP contribution in [0.2, 0.25) is 0 Å². The molecule has 1 fully saturated rings. The highest BCUT2D eigenvalue weighted by atomic mass is 16.5. The van der Waals surface area contributed by atoms with Gasteiger partial charge in [0.25, 0.3) is 11.5 Å². The fourth-order valence-electron chi connectivity index (χ4n) is 3.91. The predicted molar refractivity (Wildman–Crippen MR) is 115 cm³/mol. The lowest BCUT2D eigenvalue weighted by Crippen LogP contribution is -2.34. The normalized spacial score (nSPS) is 16.0. The topological polar surface area (TPSA) is 82.5 Å². The minimum Gasteiger partial charge on any atom is -0.497 e. The summed E-state index contributed by atoms with van der Waals surface area (Å²) < 4.78 is 12.5. The van der Waals surface area contributed by atoms with Gasteiger partial charge in [-0.05, 0) is 56.5 Å². The van der Waals surface area contributed by atoms with Crippen LogP contribution >= 0.6 is 0 Å². The van der Waals surface area contributed by atoms with Gasteiger partial charge in [0.15, 0.2) is 0 Å². The zero-order chi connectivity index (χ0) is 21.3. The Morgan fingerprint density at radius 1 is 1.30 bits per heavy atom. The van der Waals surface area contributed by atoms with Crippen molar-refractivity contribution < 1.29 is 14.3 Å². The van der Waals surface area contributed by atoms with Crippen molar-refractivity contribution >= 4 is 22.5 Å². The first kappa shape index (κ1) is 20.1. The van der Waals surface area contributed by atoms with E-state index in [4.69, 9.17) is 9.47 Å². The zero-order valence-corrected chi connectivity index (χ0v) is 17.4. The first-order valence-electron chi connectivity index (χ1n) is 10.0. The Kier molecular flexibility index (Phi) is 5.55. The SMILES string of the molecule is COc1ccc2cc(NC(=O)c3c(C)cc(C)n(C[C@H]4CCCO4)c3=O)cnc2c1. The molecular formula is C23H25N3O4. The molecule has 1 aliphatic rings. The molecule has 0 spiro atoms. The number of methoxy groups -OCH3 is 1. The lowest BCUT2D eigenvalue weighted by Gasteiger charge is -2.17. The van der Waals surface area contributed by atoms with Crippen molar-refractivity contribution in [3.63, 3.8) is 0 Å². The van der Waals surface area contributed by atoms with Crippen LogP contribution in [0.15, 0.2) is 41.3 Å². The molecule has 0 unspecified atom stereocenters. The molecule has 7 nitrogen and oxygen atoms in total. The maximum absolute atomic E-state index is 13.1. The Bertz CT molecular complexity index is 1160. The van der Waals surface area contributed by atoms with Crippen LogP contribution in [0.3, 0.4) is 0 Å². The van der Waals surface area contributed by atoms with Gasteiger partial charge < -0.3 is 19.4 Å². The number of fused-ring (bicyclic) bond motifs is 1. The van der Waals surface area contributed by atoms with Gasteiger partial charge in [-0.15, -0.1) is 0 Å². The fourth-order valence-corrected chi connectivity index (χ4v) is 3.91. The molecule has 1 amide bonds. The molecule has 2 aromatic heterocycles. The van der Waals surface area contributed by atoms with Crippen LogP contribution in [-0.2, 0) is 11.3 Å². The highest BCUT2D eigenvalue weighted by molar-refractivity contribution is 6.05. The second-order valence-corrected chi connectivity index (χ2v) is 7.63. The van der Waals surface area contributed by atoms with E-state index in [1.807, 2.05) is 37.3 Å². The average molecular weight is 407 g/mol. The van der Waals surface area contributed by atoms with E-state index in [0.717, 1.165) is 36.0 Å². The van der Waals surface area contributed by atoms with Gasteiger partial charge in [0, 0.05) is 23.8 Å².